The maximum Gasteiger partial charge on any atom is 0.410 e. The molecule has 98 valence electrons. The van der Waals surface area contributed by atoms with E-state index in [1.54, 1.807) is 0 Å². The third-order valence-corrected chi connectivity index (χ3v) is 2.64. The lowest BCUT2D eigenvalue weighted by Gasteiger charge is -2.27. The lowest BCUT2D eigenvalue weighted by atomic mass is 10.1. The zero-order valence-electron chi connectivity index (χ0n) is 10.9. The first-order chi connectivity index (χ1) is 7.85. The Balaban J connectivity index is 2.63. The van der Waals surface area contributed by atoms with Crippen molar-refractivity contribution in [1.82, 2.24) is 4.90 Å². The molecule has 0 aromatic rings. The summed E-state index contributed by atoms with van der Waals surface area (Å²) in [5, 5.41) is 0. The van der Waals surface area contributed by atoms with Crippen LogP contribution in [0.5, 0.6) is 0 Å². The molecule has 1 rings (SSSR count). The number of Topliss-reactive ketones (excluding diaryl/α,β-unsaturated/α-hetero) is 1. The van der Waals surface area contributed by atoms with Gasteiger partial charge in [0.05, 0.1) is 6.04 Å². The predicted molar refractivity (Wildman–Crippen MR) is 64.6 cm³/mol. The second-order valence-electron chi connectivity index (χ2n) is 5.34. The molecule has 1 aliphatic heterocycles. The van der Waals surface area contributed by atoms with Gasteiger partial charge in [-0.1, -0.05) is 0 Å². The van der Waals surface area contributed by atoms with Crippen LogP contribution in [0.15, 0.2) is 0 Å². The average molecular weight is 242 g/mol. The minimum absolute atomic E-state index is 0.0378. The number of ketones is 1. The molecule has 0 aromatic carbocycles. The summed E-state index contributed by atoms with van der Waals surface area (Å²) in [6.45, 7) is 6.38. The highest BCUT2D eigenvalue weighted by Crippen LogP contribution is 2.22. The van der Waals surface area contributed by atoms with E-state index in [2.05, 4.69) is 0 Å². The molecule has 0 aliphatic carbocycles. The number of likely N-dealkylation sites (tertiary alicyclic amines) is 1. The Morgan fingerprint density at radius 3 is 2.59 bits per heavy atom. The van der Waals surface area contributed by atoms with Gasteiger partial charge in [-0.3, -0.25) is 9.69 Å². The van der Waals surface area contributed by atoms with Gasteiger partial charge in [0.2, 0.25) is 0 Å². The van der Waals surface area contributed by atoms with Gasteiger partial charge in [0, 0.05) is 13.0 Å². The first-order valence-corrected chi connectivity index (χ1v) is 6.07. The Morgan fingerprint density at radius 2 is 2.06 bits per heavy atom. The molecule has 5 nitrogen and oxygen atoms in total. The number of hydrogen-bond donors (Lipinski definition) is 1. The van der Waals surface area contributed by atoms with Crippen molar-refractivity contribution in [2.24, 2.45) is 5.73 Å². The smallest absolute Gasteiger partial charge is 0.410 e. The van der Waals surface area contributed by atoms with Crippen molar-refractivity contribution in [3.63, 3.8) is 0 Å². The Hall–Kier alpha value is -1.10. The first-order valence-electron chi connectivity index (χ1n) is 6.07. The molecule has 1 unspecified atom stereocenters. The third-order valence-electron chi connectivity index (χ3n) is 2.64. The van der Waals surface area contributed by atoms with Gasteiger partial charge in [0.25, 0.3) is 0 Å². The van der Waals surface area contributed by atoms with Gasteiger partial charge in [-0.25, -0.2) is 4.79 Å². The Morgan fingerprint density at radius 1 is 1.41 bits per heavy atom. The van der Waals surface area contributed by atoms with Crippen molar-refractivity contribution in [3.8, 4) is 0 Å². The number of carbonyl (C=O) groups is 2. The van der Waals surface area contributed by atoms with Gasteiger partial charge in [-0.15, -0.1) is 0 Å². The van der Waals surface area contributed by atoms with Gasteiger partial charge >= 0.3 is 6.09 Å². The van der Waals surface area contributed by atoms with Crippen LogP contribution in [-0.4, -0.2) is 41.5 Å². The summed E-state index contributed by atoms with van der Waals surface area (Å²) in [4.78, 5) is 25.2. The Kier molecular flexibility index (Phi) is 4.51. The standard InChI is InChI=1S/C12H22N2O3/c1-12(2,3)17-11(16)14-8-4-5-9(14)10(15)6-7-13/h9H,4-8,13H2,1-3H3. The number of amides is 1. The fourth-order valence-corrected chi connectivity index (χ4v) is 1.95. The van der Waals surface area contributed by atoms with E-state index in [1.807, 2.05) is 20.8 Å². The average Bonchev–Trinajstić information content (AvgIpc) is 2.63. The zero-order valence-corrected chi connectivity index (χ0v) is 10.9. The molecular weight excluding hydrogens is 220 g/mol. The lowest BCUT2D eigenvalue weighted by molar-refractivity contribution is -0.123. The molecule has 1 saturated heterocycles. The molecule has 0 radical (unpaired) electrons. The van der Waals surface area contributed by atoms with E-state index in [4.69, 9.17) is 10.5 Å². The first kappa shape index (κ1) is 14.0. The zero-order chi connectivity index (χ0) is 13.1. The maximum absolute atomic E-state index is 11.9. The van der Waals surface area contributed by atoms with Crippen LogP contribution in [-0.2, 0) is 9.53 Å². The summed E-state index contributed by atoms with van der Waals surface area (Å²) >= 11 is 0. The van der Waals surface area contributed by atoms with Crippen molar-refractivity contribution in [2.75, 3.05) is 13.1 Å². The molecule has 0 saturated carbocycles. The van der Waals surface area contributed by atoms with Crippen molar-refractivity contribution in [2.45, 2.75) is 51.7 Å². The minimum atomic E-state index is -0.527. The summed E-state index contributed by atoms with van der Waals surface area (Å²) in [7, 11) is 0. The number of hydrogen-bond acceptors (Lipinski definition) is 4. The highest BCUT2D eigenvalue weighted by molar-refractivity contribution is 5.88. The van der Waals surface area contributed by atoms with E-state index >= 15 is 0 Å². The van der Waals surface area contributed by atoms with Crippen LogP contribution in [0.1, 0.15) is 40.0 Å². The van der Waals surface area contributed by atoms with E-state index in [-0.39, 0.29) is 11.8 Å². The normalized spacial score (nSPS) is 20.5. The van der Waals surface area contributed by atoms with Crippen molar-refractivity contribution >= 4 is 11.9 Å². The summed E-state index contributed by atoms with van der Waals surface area (Å²) in [6, 6.07) is -0.339. The number of nitrogens with two attached hydrogens (primary N) is 1. The van der Waals surface area contributed by atoms with Gasteiger partial charge < -0.3 is 10.5 Å². The van der Waals surface area contributed by atoms with Gasteiger partial charge in [0.1, 0.15) is 5.60 Å². The molecule has 0 spiro atoms. The molecular formula is C12H22N2O3. The molecule has 1 atom stereocenters. The summed E-state index contributed by atoms with van der Waals surface area (Å²) < 4.78 is 5.28. The van der Waals surface area contributed by atoms with Crippen LogP contribution >= 0.6 is 0 Å². The fraction of sp³-hybridized carbons (Fsp3) is 0.833. The molecule has 17 heavy (non-hydrogen) atoms. The SMILES string of the molecule is CC(C)(C)OC(=O)N1CCCC1C(=O)CCN. The molecule has 5 heteroatoms. The van der Waals surface area contributed by atoms with Gasteiger partial charge in [0.15, 0.2) is 5.78 Å². The van der Waals surface area contributed by atoms with Crippen molar-refractivity contribution in [1.29, 1.82) is 0 Å². The second kappa shape index (κ2) is 5.49. The van der Waals surface area contributed by atoms with Crippen LogP contribution in [0, 0.1) is 0 Å². The molecule has 1 amide bonds. The van der Waals surface area contributed by atoms with Crippen molar-refractivity contribution < 1.29 is 14.3 Å². The monoisotopic (exact) mass is 242 g/mol. The third kappa shape index (κ3) is 4.00. The van der Waals surface area contributed by atoms with E-state index in [0.717, 1.165) is 12.8 Å². The number of ether oxygens (including phenoxy) is 1. The number of rotatable bonds is 3. The Labute approximate surface area is 102 Å². The molecule has 1 aliphatic rings. The van der Waals surface area contributed by atoms with Crippen LogP contribution in [0.2, 0.25) is 0 Å². The van der Waals surface area contributed by atoms with E-state index in [0.29, 0.717) is 19.5 Å². The quantitative estimate of drug-likeness (QED) is 0.809. The van der Waals surface area contributed by atoms with Crippen LogP contribution in [0.25, 0.3) is 0 Å². The van der Waals surface area contributed by atoms with E-state index in [9.17, 15) is 9.59 Å². The van der Waals surface area contributed by atoms with Crippen LogP contribution in [0.3, 0.4) is 0 Å². The number of carbonyl (C=O) groups excluding carboxylic acids is 2. The highest BCUT2D eigenvalue weighted by atomic mass is 16.6. The lowest BCUT2D eigenvalue weighted by Crippen LogP contribution is -2.43. The molecule has 0 bridgehead atoms. The van der Waals surface area contributed by atoms with Crippen LogP contribution in [0.4, 0.5) is 4.79 Å². The van der Waals surface area contributed by atoms with Crippen LogP contribution < -0.4 is 5.73 Å². The van der Waals surface area contributed by atoms with Crippen molar-refractivity contribution in [3.05, 3.63) is 0 Å². The molecule has 1 fully saturated rings. The van der Waals surface area contributed by atoms with Gasteiger partial charge in [-0.2, -0.15) is 0 Å². The summed E-state index contributed by atoms with van der Waals surface area (Å²) in [5.41, 5.74) is 4.84. The Bertz CT molecular complexity index is 297. The summed E-state index contributed by atoms with van der Waals surface area (Å²) in [6.07, 6.45) is 1.49. The molecule has 0 aromatic heterocycles. The van der Waals surface area contributed by atoms with E-state index < -0.39 is 11.7 Å². The molecule has 2 N–H and O–H groups in total. The largest absolute Gasteiger partial charge is 0.444 e. The predicted octanol–water partition coefficient (Wildman–Crippen LogP) is 1.30. The topological polar surface area (TPSA) is 72.6 Å². The fourth-order valence-electron chi connectivity index (χ4n) is 1.95. The van der Waals surface area contributed by atoms with Gasteiger partial charge in [-0.05, 0) is 40.2 Å². The minimum Gasteiger partial charge on any atom is -0.444 e. The highest BCUT2D eigenvalue weighted by Gasteiger charge is 2.35. The maximum atomic E-state index is 11.9. The second-order valence-corrected chi connectivity index (χ2v) is 5.34. The van der Waals surface area contributed by atoms with E-state index in [1.165, 1.54) is 4.90 Å². The summed E-state index contributed by atoms with van der Waals surface area (Å²) in [5.74, 6) is 0.0378. The number of nitrogens with zero attached hydrogens (tertiary/aromatic N) is 1. The molecule has 1 heterocycles.